The van der Waals surface area contributed by atoms with E-state index in [2.05, 4.69) is 11.1 Å². The van der Waals surface area contributed by atoms with Gasteiger partial charge in [0.25, 0.3) is 0 Å². The van der Waals surface area contributed by atoms with Gasteiger partial charge in [0, 0.05) is 24.1 Å². The third-order valence-corrected chi connectivity index (χ3v) is 5.22. The molecule has 0 aliphatic rings. The monoisotopic (exact) mass is 383 g/mol. The molecule has 0 aliphatic carbocycles. The predicted molar refractivity (Wildman–Crippen MR) is 109 cm³/mol. The van der Waals surface area contributed by atoms with Crippen LogP contribution in [0.3, 0.4) is 0 Å². The van der Waals surface area contributed by atoms with Crippen molar-refractivity contribution in [3.63, 3.8) is 0 Å². The summed E-state index contributed by atoms with van der Waals surface area (Å²) in [5.74, 6) is -0.446. The Morgan fingerprint density at radius 1 is 1.07 bits per heavy atom. The zero-order chi connectivity index (χ0) is 20.8. The van der Waals surface area contributed by atoms with E-state index in [1.807, 2.05) is 39.0 Å². The summed E-state index contributed by atoms with van der Waals surface area (Å²) in [6.07, 6.45) is 1.29. The second-order valence-electron chi connectivity index (χ2n) is 7.30. The van der Waals surface area contributed by atoms with Gasteiger partial charge in [0.1, 0.15) is 17.5 Å². The van der Waals surface area contributed by atoms with Crippen LogP contribution in [0, 0.1) is 19.8 Å². The van der Waals surface area contributed by atoms with E-state index in [0.717, 1.165) is 5.56 Å². The van der Waals surface area contributed by atoms with Crippen molar-refractivity contribution in [3.05, 3.63) is 58.9 Å². The van der Waals surface area contributed by atoms with Crippen LogP contribution < -0.4 is 4.74 Å². The van der Waals surface area contributed by atoms with Gasteiger partial charge in [-0.3, -0.25) is 14.6 Å². The second kappa shape index (κ2) is 9.49. The number of pyridine rings is 1. The first-order chi connectivity index (χ1) is 13.3. The van der Waals surface area contributed by atoms with Gasteiger partial charge in [0.2, 0.25) is 0 Å². The Morgan fingerprint density at radius 3 is 2.39 bits per heavy atom. The molecule has 150 valence electrons. The Morgan fingerprint density at radius 2 is 1.75 bits per heavy atom. The lowest BCUT2D eigenvalue weighted by molar-refractivity contribution is -0.153. The fraction of sp³-hybridized carbons (Fsp3) is 0.435. The molecule has 0 amide bonds. The molecule has 28 heavy (non-hydrogen) atoms. The van der Waals surface area contributed by atoms with Crippen molar-refractivity contribution in [2.24, 2.45) is 5.92 Å². The van der Waals surface area contributed by atoms with E-state index in [4.69, 9.17) is 9.47 Å². The van der Waals surface area contributed by atoms with Crippen molar-refractivity contribution in [2.45, 2.75) is 53.1 Å². The van der Waals surface area contributed by atoms with Crippen LogP contribution in [0.4, 0.5) is 0 Å². The summed E-state index contributed by atoms with van der Waals surface area (Å²) in [5, 5.41) is 0. The van der Waals surface area contributed by atoms with Gasteiger partial charge >= 0.3 is 5.97 Å². The van der Waals surface area contributed by atoms with Gasteiger partial charge in [-0.05, 0) is 38.0 Å². The maximum Gasteiger partial charge on any atom is 0.309 e. The number of benzene rings is 1. The van der Waals surface area contributed by atoms with Gasteiger partial charge in [-0.2, -0.15) is 0 Å². The summed E-state index contributed by atoms with van der Waals surface area (Å²) in [5.41, 5.74) is 3.33. The molecule has 0 aliphatic heterocycles. The molecule has 5 nitrogen and oxygen atoms in total. The lowest BCUT2D eigenvalue weighted by Crippen LogP contribution is -2.26. The molecule has 5 heteroatoms. The molecule has 0 bridgehead atoms. The molecule has 0 N–H and O–H groups in total. The molecule has 0 radical (unpaired) electrons. The Balaban J connectivity index is 2.01. The number of ketones is 1. The average molecular weight is 383 g/mol. The number of carbonyl (C=O) groups is 2. The van der Waals surface area contributed by atoms with Crippen LogP contribution in [0.5, 0.6) is 5.75 Å². The van der Waals surface area contributed by atoms with E-state index in [0.29, 0.717) is 17.0 Å². The number of methoxy groups -OCH3 is 1. The number of rotatable bonds is 8. The first kappa shape index (κ1) is 21.6. The van der Waals surface area contributed by atoms with E-state index in [1.165, 1.54) is 11.8 Å². The van der Waals surface area contributed by atoms with E-state index < -0.39 is 5.92 Å². The topological polar surface area (TPSA) is 65.5 Å². The first-order valence-electron chi connectivity index (χ1n) is 9.55. The van der Waals surface area contributed by atoms with Crippen molar-refractivity contribution < 1.29 is 19.1 Å². The van der Waals surface area contributed by atoms with Crippen LogP contribution in [0.2, 0.25) is 0 Å². The van der Waals surface area contributed by atoms with E-state index in [9.17, 15) is 9.59 Å². The maximum atomic E-state index is 12.6. The number of ether oxygens (including phenoxy) is 2. The Kier molecular flexibility index (Phi) is 7.32. The van der Waals surface area contributed by atoms with Crippen LogP contribution in [0.15, 0.2) is 36.5 Å². The lowest BCUT2D eigenvalue weighted by atomic mass is 9.92. The quantitative estimate of drug-likeness (QED) is 0.490. The summed E-state index contributed by atoms with van der Waals surface area (Å²) in [7, 11) is 1.55. The molecule has 0 saturated heterocycles. The number of carbonyl (C=O) groups excluding carboxylic acids is 2. The largest absolute Gasteiger partial charge is 0.496 e. The van der Waals surface area contributed by atoms with E-state index in [-0.39, 0.29) is 30.2 Å². The van der Waals surface area contributed by atoms with Gasteiger partial charge in [-0.1, -0.05) is 38.1 Å². The number of Topliss-reactive ketones (excluding diaryl/α,β-unsaturated/α-hetero) is 1. The molecule has 2 rings (SSSR count). The number of hydrogen-bond donors (Lipinski definition) is 0. The minimum atomic E-state index is -0.550. The summed E-state index contributed by atoms with van der Waals surface area (Å²) in [6, 6.07) is 9.78. The SMILES string of the molecule is COc1ccnc(C(=O)C[C@@H](C)C(=O)O[C@@H](C)[C@@H](C)c2ccccc2C)c1C. The zero-order valence-electron chi connectivity index (χ0n) is 17.5. The molecule has 1 aromatic carbocycles. The van der Waals surface area contributed by atoms with Gasteiger partial charge in [0.05, 0.1) is 13.0 Å². The van der Waals surface area contributed by atoms with E-state index >= 15 is 0 Å². The summed E-state index contributed by atoms with van der Waals surface area (Å²) >= 11 is 0. The van der Waals surface area contributed by atoms with E-state index in [1.54, 1.807) is 27.0 Å². The standard InChI is InChI=1S/C23H29NO4/c1-14-9-7-8-10-19(14)16(3)18(5)28-23(26)15(2)13-20(25)22-17(4)21(27-6)11-12-24-22/h7-12,15-16,18H,13H2,1-6H3/t15-,16-,18+/m1/s1. The highest BCUT2D eigenvalue weighted by atomic mass is 16.5. The average Bonchev–Trinajstić information content (AvgIpc) is 2.67. The number of nitrogens with zero attached hydrogens (tertiary/aromatic N) is 1. The maximum absolute atomic E-state index is 12.6. The third kappa shape index (κ3) is 4.97. The molecule has 1 aromatic heterocycles. The van der Waals surface area contributed by atoms with Gasteiger partial charge in [-0.15, -0.1) is 0 Å². The highest BCUT2D eigenvalue weighted by molar-refractivity contribution is 5.98. The fourth-order valence-corrected chi connectivity index (χ4v) is 3.23. The third-order valence-electron chi connectivity index (χ3n) is 5.22. The van der Waals surface area contributed by atoms with Crippen molar-refractivity contribution in [2.75, 3.05) is 7.11 Å². The lowest BCUT2D eigenvalue weighted by Gasteiger charge is -2.23. The second-order valence-corrected chi connectivity index (χ2v) is 7.30. The Bertz CT molecular complexity index is 846. The highest BCUT2D eigenvalue weighted by Gasteiger charge is 2.26. The van der Waals surface area contributed by atoms with Crippen molar-refractivity contribution >= 4 is 11.8 Å². The van der Waals surface area contributed by atoms with Crippen LogP contribution in [-0.2, 0) is 9.53 Å². The number of hydrogen-bond acceptors (Lipinski definition) is 5. The van der Waals surface area contributed by atoms with Crippen LogP contribution in [0.1, 0.15) is 60.3 Å². The van der Waals surface area contributed by atoms with Gasteiger partial charge < -0.3 is 9.47 Å². The van der Waals surface area contributed by atoms with Crippen molar-refractivity contribution in [1.29, 1.82) is 0 Å². The molecular formula is C23H29NO4. The number of aromatic nitrogens is 1. The minimum Gasteiger partial charge on any atom is -0.496 e. The first-order valence-corrected chi connectivity index (χ1v) is 9.55. The minimum absolute atomic E-state index is 0.0469. The molecule has 0 unspecified atom stereocenters. The normalized spacial score (nSPS) is 14.1. The summed E-state index contributed by atoms with van der Waals surface area (Å²) in [6.45, 7) is 9.47. The number of aryl methyl sites for hydroxylation is 1. The Labute approximate surface area is 167 Å². The van der Waals surface area contributed by atoms with Crippen LogP contribution >= 0.6 is 0 Å². The summed E-state index contributed by atoms with van der Waals surface area (Å²) in [4.78, 5) is 29.3. The predicted octanol–water partition coefficient (Wildman–Crippen LogP) is 4.65. The highest BCUT2D eigenvalue weighted by Crippen LogP contribution is 2.26. The molecule has 2 aromatic rings. The van der Waals surface area contributed by atoms with Crippen LogP contribution in [-0.4, -0.2) is 30.0 Å². The van der Waals surface area contributed by atoms with Gasteiger partial charge in [0.15, 0.2) is 5.78 Å². The summed E-state index contributed by atoms with van der Waals surface area (Å²) < 4.78 is 10.9. The molecule has 1 heterocycles. The Hall–Kier alpha value is -2.69. The smallest absolute Gasteiger partial charge is 0.309 e. The fourth-order valence-electron chi connectivity index (χ4n) is 3.23. The molecule has 0 saturated carbocycles. The molecule has 3 atom stereocenters. The molecule has 0 fully saturated rings. The van der Waals surface area contributed by atoms with Crippen LogP contribution in [0.25, 0.3) is 0 Å². The molecular weight excluding hydrogens is 354 g/mol. The number of esters is 1. The van der Waals surface area contributed by atoms with Crippen molar-refractivity contribution in [3.8, 4) is 5.75 Å². The zero-order valence-corrected chi connectivity index (χ0v) is 17.5. The van der Waals surface area contributed by atoms with Gasteiger partial charge in [-0.25, -0.2) is 0 Å². The molecule has 0 spiro atoms. The van der Waals surface area contributed by atoms with Crippen molar-refractivity contribution in [1.82, 2.24) is 4.98 Å².